The van der Waals surface area contributed by atoms with Gasteiger partial charge >= 0.3 is 0 Å². The van der Waals surface area contributed by atoms with Crippen LogP contribution in [0.5, 0.6) is 0 Å². The van der Waals surface area contributed by atoms with Gasteiger partial charge in [-0.05, 0) is 64.2 Å². The van der Waals surface area contributed by atoms with Crippen LogP contribution in [-0.4, -0.2) is 251 Å². The molecule has 0 aliphatic heterocycles. The van der Waals surface area contributed by atoms with E-state index in [-0.39, 0.29) is 170 Å². The molecule has 0 radical (unpaired) electrons. The lowest BCUT2D eigenvalue weighted by Gasteiger charge is -2.34. The monoisotopic (exact) mass is 2000 g/mol. The SMILES string of the molecule is CCCCCCCCCC(=O)N(C)CCN(CCN(CCN(CCN(CCN(CCN(CCN(CCN(CCN(CCO)C(=O)CCCCCCCCC)C(=O)CCCCCCCCC)C(=O)CCCCCCCCC)C(=O)CCCCCCCCC)C(=O)CCCCCCCCC)C(=O)CCCCCCCCC)C(=O)CCCCCCCCC)C(=O)CCCCCCCCC)C(=O)CCCCCCCCC. The van der Waals surface area contributed by atoms with E-state index in [2.05, 4.69) is 69.2 Å². The summed E-state index contributed by atoms with van der Waals surface area (Å²) in [5.74, 6) is 0.0158. The number of unbranched alkanes of at least 4 members (excludes halogenated alkanes) is 60. The zero-order chi connectivity index (χ0) is 104. The molecule has 0 fully saturated rings. The highest BCUT2D eigenvalue weighted by Gasteiger charge is 2.29. The Hall–Kier alpha value is -5.34. The highest BCUT2D eigenvalue weighted by Crippen LogP contribution is 2.23. The predicted octanol–water partition coefficient (Wildman–Crippen LogP) is 29.3. The number of carbonyl (C=O) groups excluding carboxylic acids is 10. The standard InChI is InChI=1S/C121H234N10O11/c1-12-22-32-42-52-62-72-82-112(133)122(11)92-93-123(113(134)83-73-63-53-43-33-23-13-2)94-95-124(114(135)84-74-64-54-44-34-24-14-3)96-97-125(115(136)85-75-65-55-45-35-25-15-4)98-99-126(116(137)86-76-66-56-46-36-26-16-5)100-101-127(117(138)87-77-67-57-47-37-27-17-6)102-103-128(118(139)88-78-68-58-48-38-28-18-7)104-105-129(119(140)89-79-69-59-49-39-29-19-8)106-107-130(120(141)90-80-70-60-50-40-30-20-9)108-109-131(110-111-132)121(142)91-81-71-61-51-41-31-21-10/h132H,12-111H2,1-11H3. The Bertz CT molecular complexity index is 2940. The summed E-state index contributed by atoms with van der Waals surface area (Å²) >= 11 is 0. The van der Waals surface area contributed by atoms with Crippen LogP contribution in [0.4, 0.5) is 0 Å². The first kappa shape index (κ1) is 137. The fraction of sp³-hybridized carbons (Fsp3) is 0.917. The Morgan fingerprint density at radius 2 is 0.218 bits per heavy atom. The summed E-state index contributed by atoms with van der Waals surface area (Å²) in [4.78, 5) is 167. The molecule has 0 saturated heterocycles. The molecule has 1 N–H and O–H groups in total. The van der Waals surface area contributed by atoms with Gasteiger partial charge in [0.2, 0.25) is 59.1 Å². The molecular formula is C121H234N10O11. The Balaban J connectivity index is 8.47. The normalized spacial score (nSPS) is 11.4. The van der Waals surface area contributed by atoms with Gasteiger partial charge in [0.05, 0.1) is 6.61 Å². The van der Waals surface area contributed by atoms with Crippen molar-refractivity contribution in [2.24, 2.45) is 0 Å². The molecule has 0 aromatic heterocycles. The summed E-state index contributed by atoms with van der Waals surface area (Å²) < 4.78 is 0. The van der Waals surface area contributed by atoms with Crippen LogP contribution in [-0.2, 0) is 47.9 Å². The van der Waals surface area contributed by atoms with Crippen molar-refractivity contribution in [3.05, 3.63) is 0 Å². The van der Waals surface area contributed by atoms with Gasteiger partial charge in [-0.25, -0.2) is 0 Å². The van der Waals surface area contributed by atoms with Crippen LogP contribution in [0.15, 0.2) is 0 Å². The molecule has 142 heavy (non-hydrogen) atoms. The molecule has 0 aromatic rings. The molecule has 21 heteroatoms. The number of likely N-dealkylation sites (N-methyl/N-ethyl adjacent to an activating group) is 1. The third kappa shape index (κ3) is 80.7. The summed E-state index contributed by atoms with van der Waals surface area (Å²) in [7, 11) is 1.86. The van der Waals surface area contributed by atoms with Crippen molar-refractivity contribution >= 4 is 59.1 Å². The number of carbonyl (C=O) groups is 10. The van der Waals surface area contributed by atoms with Crippen LogP contribution >= 0.6 is 0 Å². The van der Waals surface area contributed by atoms with Gasteiger partial charge in [0.1, 0.15) is 0 Å². The van der Waals surface area contributed by atoms with Gasteiger partial charge in [-0.15, -0.1) is 0 Å². The Labute approximate surface area is 877 Å². The second-order valence-corrected chi connectivity index (χ2v) is 42.7. The van der Waals surface area contributed by atoms with Crippen LogP contribution in [0, 0.1) is 0 Å². The predicted molar refractivity (Wildman–Crippen MR) is 600 cm³/mol. The molecule has 0 unspecified atom stereocenters. The summed E-state index contributed by atoms with van der Waals surface area (Å²) in [6.07, 6.45) is 78.0. The topological polar surface area (TPSA) is 223 Å². The zero-order valence-corrected chi connectivity index (χ0v) is 95.7. The third-order valence-corrected chi connectivity index (χ3v) is 29.7. The highest BCUT2D eigenvalue weighted by molar-refractivity contribution is 5.81. The summed E-state index contributed by atoms with van der Waals surface area (Å²) in [6.45, 7) is 26.9. The number of nitrogens with zero attached hydrogens (tertiary/aromatic N) is 10. The van der Waals surface area contributed by atoms with E-state index < -0.39 is 0 Å². The quantitative estimate of drug-likeness (QED) is 0.0564. The van der Waals surface area contributed by atoms with Crippen LogP contribution in [0.3, 0.4) is 0 Å². The first-order chi connectivity index (χ1) is 69.3. The van der Waals surface area contributed by atoms with E-state index in [1.54, 1.807) is 9.80 Å². The van der Waals surface area contributed by atoms with Gasteiger partial charge in [0.25, 0.3) is 0 Å². The minimum Gasteiger partial charge on any atom is -0.395 e. The fourth-order valence-electron chi connectivity index (χ4n) is 19.6. The average molecular weight is 2010 g/mol. The van der Waals surface area contributed by atoms with Crippen molar-refractivity contribution in [1.82, 2.24) is 49.0 Å². The van der Waals surface area contributed by atoms with Gasteiger partial charge in [-0.1, -0.05) is 454 Å². The number of rotatable bonds is 109. The van der Waals surface area contributed by atoms with E-state index in [1.165, 1.54) is 135 Å². The lowest BCUT2D eigenvalue weighted by atomic mass is 10.1. The molecule has 0 aliphatic carbocycles. The van der Waals surface area contributed by atoms with Crippen LogP contribution in [0.1, 0.15) is 583 Å². The minimum absolute atomic E-state index is 0.00587. The molecule has 0 rings (SSSR count). The largest absolute Gasteiger partial charge is 0.395 e. The molecule has 0 bridgehead atoms. The van der Waals surface area contributed by atoms with Gasteiger partial charge in [-0.2, -0.15) is 0 Å². The van der Waals surface area contributed by atoms with Crippen LogP contribution in [0.2, 0.25) is 0 Å². The highest BCUT2D eigenvalue weighted by atomic mass is 16.3. The summed E-state index contributed by atoms with van der Waals surface area (Å²) in [6, 6.07) is 0. The lowest BCUT2D eigenvalue weighted by Crippen LogP contribution is -2.49. The van der Waals surface area contributed by atoms with E-state index in [0.29, 0.717) is 90.3 Å². The number of aliphatic hydroxyl groups is 1. The number of amides is 10. The van der Waals surface area contributed by atoms with Crippen molar-refractivity contribution in [3.63, 3.8) is 0 Å². The van der Waals surface area contributed by atoms with E-state index in [1.807, 2.05) is 46.2 Å². The van der Waals surface area contributed by atoms with E-state index in [9.17, 15) is 24.3 Å². The third-order valence-electron chi connectivity index (χ3n) is 29.7. The van der Waals surface area contributed by atoms with E-state index >= 15 is 28.8 Å². The zero-order valence-electron chi connectivity index (χ0n) is 95.7. The molecule has 0 heterocycles. The minimum atomic E-state index is -0.183. The Kier molecular flexibility index (Phi) is 99.0. The first-order valence-corrected chi connectivity index (χ1v) is 61.7. The van der Waals surface area contributed by atoms with Crippen LogP contribution in [0.25, 0.3) is 0 Å². The maximum atomic E-state index is 15.4. The number of hydrogen-bond acceptors (Lipinski definition) is 11. The second kappa shape index (κ2) is 103. The van der Waals surface area contributed by atoms with Crippen molar-refractivity contribution in [2.45, 2.75) is 583 Å². The molecule has 0 aromatic carbocycles. The van der Waals surface area contributed by atoms with Gasteiger partial charge < -0.3 is 54.1 Å². The molecule has 0 atom stereocenters. The van der Waals surface area contributed by atoms with Crippen molar-refractivity contribution in [1.29, 1.82) is 0 Å². The molecule has 834 valence electrons. The summed E-state index contributed by atoms with van der Waals surface area (Å²) in [5, 5.41) is 10.4. The Morgan fingerprint density at radius 1 is 0.127 bits per heavy atom. The maximum Gasteiger partial charge on any atom is 0.222 e. The number of aliphatic hydroxyl groups excluding tert-OH is 1. The molecular weight excluding hydrogens is 1770 g/mol. The van der Waals surface area contributed by atoms with Gasteiger partial charge in [0, 0.05) is 196 Å². The first-order valence-electron chi connectivity index (χ1n) is 61.7. The summed E-state index contributed by atoms with van der Waals surface area (Å²) in [5.41, 5.74) is 0. The van der Waals surface area contributed by atoms with E-state index in [0.717, 1.165) is 308 Å². The Morgan fingerprint density at radius 3 is 0.331 bits per heavy atom. The maximum absolute atomic E-state index is 15.4. The molecule has 0 saturated carbocycles. The average Bonchev–Trinajstić information content (AvgIpc) is 0.879. The smallest absolute Gasteiger partial charge is 0.222 e. The lowest BCUT2D eigenvalue weighted by molar-refractivity contribution is -0.139. The van der Waals surface area contributed by atoms with Gasteiger partial charge in [-0.3, -0.25) is 47.9 Å². The van der Waals surface area contributed by atoms with Gasteiger partial charge in [0.15, 0.2) is 0 Å². The fourth-order valence-corrected chi connectivity index (χ4v) is 19.6. The van der Waals surface area contributed by atoms with Crippen molar-refractivity contribution in [3.8, 4) is 0 Å². The molecule has 0 aliphatic rings. The van der Waals surface area contributed by atoms with Crippen molar-refractivity contribution < 1.29 is 53.1 Å². The molecule has 0 spiro atoms. The molecule has 10 amide bonds. The van der Waals surface area contributed by atoms with Crippen LogP contribution < -0.4 is 0 Å². The van der Waals surface area contributed by atoms with Crippen molar-refractivity contribution in [2.75, 3.05) is 138 Å². The van der Waals surface area contributed by atoms with E-state index in [4.69, 9.17) is 0 Å². The second-order valence-electron chi connectivity index (χ2n) is 42.7. The molecule has 21 nitrogen and oxygen atoms in total. The number of hydrogen-bond donors (Lipinski definition) is 1.